The molecule has 5 rings (SSSR count). The van der Waals surface area contributed by atoms with E-state index in [-0.39, 0.29) is 23.4 Å². The van der Waals surface area contributed by atoms with E-state index >= 15 is 0 Å². The fraction of sp³-hybridized carbons (Fsp3) is 0.231. The van der Waals surface area contributed by atoms with Crippen LogP contribution in [0.4, 0.5) is 0 Å². The van der Waals surface area contributed by atoms with Gasteiger partial charge in [-0.25, -0.2) is 0 Å². The van der Waals surface area contributed by atoms with Gasteiger partial charge in [0.1, 0.15) is 5.75 Å². The molecular weight excluding hydrogens is 360 g/mol. The largest absolute Gasteiger partial charge is 0.497 e. The van der Waals surface area contributed by atoms with Crippen molar-refractivity contribution in [2.24, 2.45) is 5.92 Å². The Balaban J connectivity index is 1.63. The Morgan fingerprint density at radius 3 is 2.07 bits per heavy atom. The summed E-state index contributed by atoms with van der Waals surface area (Å²) in [6.07, 6.45) is 1.87. The van der Waals surface area contributed by atoms with Crippen molar-refractivity contribution in [3.8, 4) is 5.75 Å². The Morgan fingerprint density at radius 1 is 0.793 bits per heavy atom. The molecule has 0 saturated carbocycles. The number of benzene rings is 3. The average molecular weight is 382 g/mol. The molecule has 0 aliphatic heterocycles. The predicted octanol–water partition coefficient (Wildman–Crippen LogP) is 5.20. The number of carbonyl (C=O) groups is 2. The van der Waals surface area contributed by atoms with Crippen LogP contribution in [-0.2, 0) is 6.42 Å². The summed E-state index contributed by atoms with van der Waals surface area (Å²) in [6, 6.07) is 23.6. The van der Waals surface area contributed by atoms with Crippen LogP contribution in [-0.4, -0.2) is 18.7 Å². The van der Waals surface area contributed by atoms with Crippen molar-refractivity contribution in [3.63, 3.8) is 0 Å². The topological polar surface area (TPSA) is 43.4 Å². The zero-order chi connectivity index (χ0) is 20.0. The third-order valence-corrected chi connectivity index (χ3v) is 6.50. The quantitative estimate of drug-likeness (QED) is 0.585. The molecular formula is C26H22O3. The van der Waals surface area contributed by atoms with Crippen LogP contribution in [0.1, 0.15) is 55.7 Å². The molecule has 0 heterocycles. The molecule has 0 aromatic heterocycles. The van der Waals surface area contributed by atoms with E-state index < -0.39 is 5.92 Å². The first kappa shape index (κ1) is 17.9. The van der Waals surface area contributed by atoms with Crippen LogP contribution in [0.25, 0.3) is 0 Å². The van der Waals surface area contributed by atoms with E-state index in [1.165, 1.54) is 5.56 Å². The molecule has 2 aliphatic carbocycles. The maximum atomic E-state index is 13.4. The van der Waals surface area contributed by atoms with Gasteiger partial charge in [0.2, 0.25) is 0 Å². The molecule has 0 bridgehead atoms. The smallest absolute Gasteiger partial charge is 0.175 e. The second-order valence-corrected chi connectivity index (χ2v) is 7.89. The molecule has 0 saturated heterocycles. The standard InChI is InChI=1S/C26H22O3/c1-29-18-13-10-17(11-14-18)20-15-12-16-6-2-3-7-19(16)23(20)24-25(27)21-8-4-5-9-22(21)26(24)28/h2-11,13-14,20,23-24H,12,15H2,1H3/t20-,23+/m1/s1. The van der Waals surface area contributed by atoms with Crippen molar-refractivity contribution in [1.29, 1.82) is 0 Å². The number of carbonyl (C=O) groups excluding carboxylic acids is 2. The summed E-state index contributed by atoms with van der Waals surface area (Å²) < 4.78 is 5.31. The van der Waals surface area contributed by atoms with Crippen LogP contribution in [0.15, 0.2) is 72.8 Å². The number of Topliss-reactive ketones (excluding diaryl/α,β-unsaturated/α-hetero) is 2. The van der Waals surface area contributed by atoms with E-state index in [1.807, 2.05) is 36.4 Å². The van der Waals surface area contributed by atoms with Gasteiger partial charge in [0.15, 0.2) is 11.6 Å². The minimum absolute atomic E-state index is 0.0363. The molecule has 0 N–H and O–H groups in total. The van der Waals surface area contributed by atoms with Gasteiger partial charge in [-0.1, -0.05) is 60.7 Å². The van der Waals surface area contributed by atoms with Gasteiger partial charge in [-0.2, -0.15) is 0 Å². The molecule has 144 valence electrons. The van der Waals surface area contributed by atoms with Crippen molar-refractivity contribution in [1.82, 2.24) is 0 Å². The zero-order valence-electron chi connectivity index (χ0n) is 16.3. The lowest BCUT2D eigenvalue weighted by Crippen LogP contribution is -2.32. The number of aryl methyl sites for hydroxylation is 1. The van der Waals surface area contributed by atoms with Gasteiger partial charge in [0, 0.05) is 17.0 Å². The van der Waals surface area contributed by atoms with Gasteiger partial charge in [-0.05, 0) is 47.6 Å². The molecule has 3 aromatic carbocycles. The van der Waals surface area contributed by atoms with Gasteiger partial charge in [-0.3, -0.25) is 9.59 Å². The molecule has 0 amide bonds. The molecule has 0 spiro atoms. The van der Waals surface area contributed by atoms with Crippen molar-refractivity contribution in [3.05, 3.63) is 101 Å². The van der Waals surface area contributed by atoms with E-state index in [1.54, 1.807) is 19.2 Å². The van der Waals surface area contributed by atoms with Crippen LogP contribution in [0.5, 0.6) is 5.75 Å². The maximum Gasteiger partial charge on any atom is 0.175 e. The molecule has 29 heavy (non-hydrogen) atoms. The van der Waals surface area contributed by atoms with Gasteiger partial charge in [0.05, 0.1) is 13.0 Å². The maximum absolute atomic E-state index is 13.4. The highest BCUT2D eigenvalue weighted by Gasteiger charge is 2.48. The van der Waals surface area contributed by atoms with Crippen molar-refractivity contribution in [2.45, 2.75) is 24.7 Å². The van der Waals surface area contributed by atoms with E-state index in [4.69, 9.17) is 4.74 Å². The zero-order valence-corrected chi connectivity index (χ0v) is 16.3. The van der Waals surface area contributed by atoms with Gasteiger partial charge in [0.25, 0.3) is 0 Å². The summed E-state index contributed by atoms with van der Waals surface area (Å²) in [7, 11) is 1.65. The third kappa shape index (κ3) is 2.80. The summed E-state index contributed by atoms with van der Waals surface area (Å²) in [5.41, 5.74) is 4.68. The minimum Gasteiger partial charge on any atom is -0.497 e. The van der Waals surface area contributed by atoms with Crippen molar-refractivity contribution in [2.75, 3.05) is 7.11 Å². The van der Waals surface area contributed by atoms with Crippen LogP contribution < -0.4 is 4.74 Å². The number of methoxy groups -OCH3 is 1. The van der Waals surface area contributed by atoms with Crippen LogP contribution in [0.2, 0.25) is 0 Å². The van der Waals surface area contributed by atoms with Gasteiger partial charge >= 0.3 is 0 Å². The summed E-state index contributed by atoms with van der Waals surface area (Å²) in [4.78, 5) is 26.7. The van der Waals surface area contributed by atoms with Crippen LogP contribution in [0, 0.1) is 5.92 Å². The van der Waals surface area contributed by atoms with Crippen molar-refractivity contribution >= 4 is 11.6 Å². The first-order valence-electron chi connectivity index (χ1n) is 10.1. The lowest BCUT2D eigenvalue weighted by molar-refractivity contribution is 0.0799. The molecule has 0 unspecified atom stereocenters. The predicted molar refractivity (Wildman–Crippen MR) is 112 cm³/mol. The Hall–Kier alpha value is -3.20. The number of rotatable bonds is 3. The average Bonchev–Trinajstić information content (AvgIpc) is 3.03. The lowest BCUT2D eigenvalue weighted by atomic mass is 9.65. The lowest BCUT2D eigenvalue weighted by Gasteiger charge is -2.36. The molecule has 3 heteroatoms. The van der Waals surface area contributed by atoms with E-state index in [2.05, 4.69) is 24.3 Å². The number of hydrogen-bond donors (Lipinski definition) is 0. The first-order valence-corrected chi connectivity index (χ1v) is 10.1. The monoisotopic (exact) mass is 382 g/mol. The summed E-state index contributed by atoms with van der Waals surface area (Å²) in [6.45, 7) is 0. The summed E-state index contributed by atoms with van der Waals surface area (Å²) in [5, 5.41) is 0. The highest BCUT2D eigenvalue weighted by atomic mass is 16.5. The van der Waals surface area contributed by atoms with Crippen LogP contribution >= 0.6 is 0 Å². The van der Waals surface area contributed by atoms with Crippen LogP contribution in [0.3, 0.4) is 0 Å². The second kappa shape index (κ2) is 7.00. The molecule has 2 aliphatic rings. The van der Waals surface area contributed by atoms with E-state index in [9.17, 15) is 9.59 Å². The van der Waals surface area contributed by atoms with Gasteiger partial charge in [-0.15, -0.1) is 0 Å². The van der Waals surface area contributed by atoms with E-state index in [0.29, 0.717) is 11.1 Å². The summed E-state index contributed by atoms with van der Waals surface area (Å²) >= 11 is 0. The molecule has 0 fully saturated rings. The normalized spacial score (nSPS) is 21.0. The SMILES string of the molecule is COc1ccc([C@H]2CCc3ccccc3[C@@H]2C2C(=O)c3ccccc3C2=O)cc1. The number of fused-ring (bicyclic) bond motifs is 2. The number of hydrogen-bond acceptors (Lipinski definition) is 3. The molecule has 3 nitrogen and oxygen atoms in total. The Morgan fingerprint density at radius 2 is 1.41 bits per heavy atom. The van der Waals surface area contributed by atoms with Crippen molar-refractivity contribution < 1.29 is 14.3 Å². The number of ether oxygens (including phenoxy) is 1. The summed E-state index contributed by atoms with van der Waals surface area (Å²) in [5.74, 6) is 0.0447. The highest BCUT2D eigenvalue weighted by molar-refractivity contribution is 6.27. The Labute approximate surface area is 170 Å². The fourth-order valence-electron chi connectivity index (χ4n) is 5.12. The third-order valence-electron chi connectivity index (χ3n) is 6.50. The highest BCUT2D eigenvalue weighted by Crippen LogP contribution is 2.50. The number of ketones is 2. The Bertz CT molecular complexity index is 1060. The van der Waals surface area contributed by atoms with E-state index in [0.717, 1.165) is 29.7 Å². The second-order valence-electron chi connectivity index (χ2n) is 7.89. The fourth-order valence-corrected chi connectivity index (χ4v) is 5.12. The molecule has 3 aromatic rings. The minimum atomic E-state index is -0.652. The molecule has 0 radical (unpaired) electrons. The van der Waals surface area contributed by atoms with Gasteiger partial charge < -0.3 is 4.74 Å². The molecule has 2 atom stereocenters. The first-order chi connectivity index (χ1) is 14.2. The Kier molecular flexibility index (Phi) is 4.31.